The summed E-state index contributed by atoms with van der Waals surface area (Å²) in [6.07, 6.45) is 1.46. The maximum Gasteiger partial charge on any atom is 0.280 e. The van der Waals surface area contributed by atoms with E-state index in [4.69, 9.17) is 0 Å². The normalized spacial score (nSPS) is 12.0. The zero-order valence-corrected chi connectivity index (χ0v) is 24.9. The first-order valence-corrected chi connectivity index (χ1v) is 15.5. The second-order valence-electron chi connectivity index (χ2n) is 10.0. The first-order chi connectivity index (χ1) is 20.1. The molecule has 1 aromatic heterocycles. The van der Waals surface area contributed by atoms with E-state index in [9.17, 15) is 17.6 Å². The molecule has 1 heterocycles. The number of carbonyl (C=O) groups excluding carboxylic acids is 1. The van der Waals surface area contributed by atoms with Crippen molar-refractivity contribution in [1.82, 2.24) is 9.29 Å². The van der Waals surface area contributed by atoms with Crippen LogP contribution in [0.2, 0.25) is 0 Å². The van der Waals surface area contributed by atoms with Crippen LogP contribution in [-0.4, -0.2) is 35.9 Å². The maximum absolute atomic E-state index is 13.8. The van der Waals surface area contributed by atoms with E-state index >= 15 is 0 Å². The lowest BCUT2D eigenvalue weighted by Crippen LogP contribution is -2.36. The van der Waals surface area contributed by atoms with Crippen molar-refractivity contribution >= 4 is 48.8 Å². The molecule has 42 heavy (non-hydrogen) atoms. The molecule has 214 valence electrons. The Morgan fingerprint density at radius 2 is 1.67 bits per heavy atom. The zero-order chi connectivity index (χ0) is 29.9. The standard InChI is InChI=1S/C32H29FN4O3S2/c1-22(2)36(21-25-7-5-4-6-8-25)42(39,40)28-16-12-26(13-17-28)31(38)37(34-20-24-10-14-27(33)15-11-24)32-35-29-18-9-23(3)19-30(29)41-32/h4-20,22H,21H2,1-3H3/b34-20+. The maximum atomic E-state index is 13.8. The van der Waals surface area contributed by atoms with Gasteiger partial charge < -0.3 is 0 Å². The number of sulfonamides is 1. The minimum atomic E-state index is -3.85. The average molecular weight is 601 g/mol. The summed E-state index contributed by atoms with van der Waals surface area (Å²) in [5.41, 5.74) is 3.50. The molecule has 10 heteroatoms. The fourth-order valence-corrected chi connectivity index (χ4v) is 6.95. The summed E-state index contributed by atoms with van der Waals surface area (Å²) >= 11 is 1.31. The molecule has 0 saturated heterocycles. The third-order valence-corrected chi connectivity index (χ3v) is 9.59. The van der Waals surface area contributed by atoms with Crippen LogP contribution in [0.3, 0.4) is 0 Å². The fourth-order valence-electron chi connectivity index (χ4n) is 4.31. The van der Waals surface area contributed by atoms with Crippen LogP contribution in [-0.2, 0) is 16.6 Å². The molecule has 7 nitrogen and oxygen atoms in total. The van der Waals surface area contributed by atoms with Gasteiger partial charge in [-0.25, -0.2) is 17.8 Å². The second kappa shape index (κ2) is 12.3. The number of rotatable bonds is 9. The number of hydrazone groups is 1. The van der Waals surface area contributed by atoms with Crippen LogP contribution >= 0.6 is 11.3 Å². The highest BCUT2D eigenvalue weighted by molar-refractivity contribution is 7.89. The Bertz CT molecular complexity index is 1840. The Morgan fingerprint density at radius 3 is 2.33 bits per heavy atom. The molecule has 0 N–H and O–H groups in total. The molecule has 0 unspecified atom stereocenters. The Labute approximate surface area is 248 Å². The van der Waals surface area contributed by atoms with Gasteiger partial charge in [-0.05, 0) is 86.0 Å². The molecule has 1 amide bonds. The molecule has 0 aliphatic carbocycles. The number of hydrogen-bond donors (Lipinski definition) is 0. The van der Waals surface area contributed by atoms with Crippen LogP contribution in [0.1, 0.15) is 40.9 Å². The van der Waals surface area contributed by atoms with Gasteiger partial charge in [0, 0.05) is 18.2 Å². The van der Waals surface area contributed by atoms with Gasteiger partial charge in [-0.2, -0.15) is 14.4 Å². The highest BCUT2D eigenvalue weighted by Crippen LogP contribution is 2.31. The van der Waals surface area contributed by atoms with Gasteiger partial charge in [-0.15, -0.1) is 0 Å². The number of anilines is 1. The quantitative estimate of drug-likeness (QED) is 0.134. The Balaban J connectivity index is 1.46. The molecule has 0 aliphatic rings. The van der Waals surface area contributed by atoms with E-state index < -0.39 is 15.9 Å². The summed E-state index contributed by atoms with van der Waals surface area (Å²) in [5.74, 6) is -0.866. The van der Waals surface area contributed by atoms with Gasteiger partial charge in [-0.3, -0.25) is 4.79 Å². The summed E-state index contributed by atoms with van der Waals surface area (Å²) in [6.45, 7) is 5.86. The predicted octanol–water partition coefficient (Wildman–Crippen LogP) is 7.02. The number of hydrogen-bond acceptors (Lipinski definition) is 6. The monoisotopic (exact) mass is 600 g/mol. The minimum Gasteiger partial charge on any atom is -0.267 e. The van der Waals surface area contributed by atoms with Crippen LogP contribution in [0.15, 0.2) is 107 Å². The Morgan fingerprint density at radius 1 is 0.976 bits per heavy atom. The molecule has 0 radical (unpaired) electrons. The van der Waals surface area contributed by atoms with Crippen LogP contribution in [0.4, 0.5) is 9.52 Å². The first-order valence-electron chi connectivity index (χ1n) is 13.3. The largest absolute Gasteiger partial charge is 0.280 e. The number of aryl methyl sites for hydroxylation is 1. The van der Waals surface area contributed by atoms with Crippen LogP contribution < -0.4 is 5.01 Å². The lowest BCUT2D eigenvalue weighted by Gasteiger charge is -2.26. The van der Waals surface area contributed by atoms with Crippen molar-refractivity contribution in [2.24, 2.45) is 5.10 Å². The van der Waals surface area contributed by atoms with Crippen molar-refractivity contribution in [3.8, 4) is 0 Å². The van der Waals surface area contributed by atoms with Gasteiger partial charge in [-0.1, -0.05) is 59.9 Å². The summed E-state index contributed by atoms with van der Waals surface area (Å²) in [6, 6.07) is 26.5. The van der Waals surface area contributed by atoms with E-state index in [0.29, 0.717) is 10.7 Å². The van der Waals surface area contributed by atoms with Gasteiger partial charge in [0.2, 0.25) is 15.2 Å². The van der Waals surface area contributed by atoms with E-state index in [-0.39, 0.29) is 28.9 Å². The predicted molar refractivity (Wildman–Crippen MR) is 166 cm³/mol. The SMILES string of the molecule is Cc1ccc2nc(N(/N=C/c3ccc(F)cc3)C(=O)c3ccc(S(=O)(=O)N(Cc4ccccc4)C(C)C)cc3)sc2c1. The molecule has 0 spiro atoms. The van der Waals surface area contributed by atoms with E-state index in [0.717, 1.165) is 21.3 Å². The van der Waals surface area contributed by atoms with E-state index in [1.165, 1.54) is 63.3 Å². The minimum absolute atomic E-state index is 0.0838. The summed E-state index contributed by atoms with van der Waals surface area (Å²) in [4.78, 5) is 18.5. The second-order valence-corrected chi connectivity index (χ2v) is 12.9. The number of amides is 1. The molecule has 0 saturated carbocycles. The number of benzene rings is 4. The van der Waals surface area contributed by atoms with Crippen molar-refractivity contribution < 1.29 is 17.6 Å². The van der Waals surface area contributed by atoms with Crippen molar-refractivity contribution in [3.63, 3.8) is 0 Å². The van der Waals surface area contributed by atoms with E-state index in [2.05, 4.69) is 10.1 Å². The van der Waals surface area contributed by atoms with Crippen molar-refractivity contribution in [2.75, 3.05) is 5.01 Å². The third kappa shape index (κ3) is 6.46. The zero-order valence-electron chi connectivity index (χ0n) is 23.3. The van der Waals surface area contributed by atoms with Gasteiger partial charge in [0.05, 0.1) is 21.3 Å². The number of fused-ring (bicyclic) bond motifs is 1. The highest BCUT2D eigenvalue weighted by atomic mass is 32.2. The Hall–Kier alpha value is -4.25. The van der Waals surface area contributed by atoms with Crippen molar-refractivity contribution in [1.29, 1.82) is 0 Å². The van der Waals surface area contributed by atoms with Crippen LogP contribution in [0, 0.1) is 12.7 Å². The molecule has 4 aromatic carbocycles. The molecule has 0 atom stereocenters. The topological polar surface area (TPSA) is 82.9 Å². The molecule has 5 rings (SSSR count). The number of thiazole rings is 1. The third-order valence-electron chi connectivity index (χ3n) is 6.56. The van der Waals surface area contributed by atoms with Gasteiger partial charge in [0.25, 0.3) is 5.91 Å². The van der Waals surface area contributed by atoms with E-state index in [1.54, 1.807) is 12.1 Å². The smallest absolute Gasteiger partial charge is 0.267 e. The fraction of sp³-hybridized carbons (Fsp3) is 0.156. The summed E-state index contributed by atoms with van der Waals surface area (Å²) in [5, 5.41) is 5.95. The average Bonchev–Trinajstić information content (AvgIpc) is 3.40. The number of nitrogens with zero attached hydrogens (tertiary/aromatic N) is 4. The molecule has 0 aliphatic heterocycles. The lowest BCUT2D eigenvalue weighted by molar-refractivity contribution is 0.0987. The van der Waals surface area contributed by atoms with E-state index in [1.807, 2.05) is 69.3 Å². The molecular weight excluding hydrogens is 572 g/mol. The lowest BCUT2D eigenvalue weighted by atomic mass is 10.2. The highest BCUT2D eigenvalue weighted by Gasteiger charge is 2.28. The number of carbonyl (C=O) groups is 1. The van der Waals surface area contributed by atoms with Crippen LogP contribution in [0.25, 0.3) is 10.2 Å². The molecule has 5 aromatic rings. The van der Waals surface area contributed by atoms with Gasteiger partial charge in [0.1, 0.15) is 5.82 Å². The molecular formula is C32H29FN4O3S2. The Kier molecular flexibility index (Phi) is 8.58. The van der Waals surface area contributed by atoms with Gasteiger partial charge >= 0.3 is 0 Å². The van der Waals surface area contributed by atoms with Gasteiger partial charge in [0.15, 0.2) is 0 Å². The van der Waals surface area contributed by atoms with Crippen LogP contribution in [0.5, 0.6) is 0 Å². The summed E-state index contributed by atoms with van der Waals surface area (Å²) < 4.78 is 42.9. The summed E-state index contributed by atoms with van der Waals surface area (Å²) in [7, 11) is -3.85. The molecule has 0 fully saturated rings. The van der Waals surface area contributed by atoms with Crippen molar-refractivity contribution in [2.45, 2.75) is 38.3 Å². The van der Waals surface area contributed by atoms with Crippen molar-refractivity contribution in [3.05, 3.63) is 125 Å². The number of aromatic nitrogens is 1. The first kappa shape index (κ1) is 29.2. The number of halogens is 1. The molecule has 0 bridgehead atoms.